The summed E-state index contributed by atoms with van der Waals surface area (Å²) in [7, 11) is 0. The molecule has 21 heavy (non-hydrogen) atoms. The molecule has 0 aliphatic rings. The van der Waals surface area contributed by atoms with Crippen LogP contribution < -0.4 is 5.32 Å². The number of thioether (sulfide) groups is 1. The fourth-order valence-corrected chi connectivity index (χ4v) is 2.31. The van der Waals surface area contributed by atoms with Crippen LogP contribution in [-0.2, 0) is 0 Å². The van der Waals surface area contributed by atoms with Crippen LogP contribution in [0.1, 0.15) is 10.4 Å². The highest BCUT2D eigenvalue weighted by molar-refractivity contribution is 9.10. The van der Waals surface area contributed by atoms with Gasteiger partial charge in [0.25, 0.3) is 11.7 Å². The number of benzene rings is 2. The first-order valence-electron chi connectivity index (χ1n) is 5.77. The van der Waals surface area contributed by atoms with Gasteiger partial charge >= 0.3 is 0 Å². The van der Waals surface area contributed by atoms with Crippen LogP contribution in [0.15, 0.2) is 51.8 Å². The van der Waals surface area contributed by atoms with E-state index in [1.807, 2.05) is 0 Å². The molecule has 7 heteroatoms. The molecule has 0 bridgehead atoms. The Morgan fingerprint density at radius 3 is 2.38 bits per heavy atom. The molecule has 0 aromatic heterocycles. The Labute approximate surface area is 131 Å². The molecule has 0 atom stereocenters. The number of alkyl halides is 2. The molecule has 2 aromatic carbocycles. The van der Waals surface area contributed by atoms with Gasteiger partial charge in [0.1, 0.15) is 5.82 Å². The zero-order chi connectivity index (χ0) is 15.4. The summed E-state index contributed by atoms with van der Waals surface area (Å²) in [6, 6.07) is 10.0. The Bertz CT molecular complexity index is 649. The SMILES string of the molecule is O=C(Nc1ccc(SC(F)F)cc1)c1ccc(Br)c(F)c1. The van der Waals surface area contributed by atoms with Gasteiger partial charge in [-0.3, -0.25) is 4.79 Å². The van der Waals surface area contributed by atoms with Gasteiger partial charge in [-0.25, -0.2) is 4.39 Å². The van der Waals surface area contributed by atoms with E-state index in [2.05, 4.69) is 21.2 Å². The van der Waals surface area contributed by atoms with Gasteiger partial charge in [0.15, 0.2) is 0 Å². The third-order valence-corrected chi connectivity index (χ3v) is 3.88. The first kappa shape index (κ1) is 15.9. The second-order valence-electron chi connectivity index (χ2n) is 3.99. The Kier molecular flexibility index (Phi) is 5.30. The smallest absolute Gasteiger partial charge is 0.288 e. The molecule has 0 spiro atoms. The molecule has 110 valence electrons. The monoisotopic (exact) mass is 375 g/mol. The number of carbonyl (C=O) groups is 1. The molecule has 1 amide bonds. The van der Waals surface area contributed by atoms with E-state index in [0.29, 0.717) is 22.3 Å². The summed E-state index contributed by atoms with van der Waals surface area (Å²) in [6.07, 6.45) is 0. The van der Waals surface area contributed by atoms with Crippen LogP contribution in [0.25, 0.3) is 0 Å². The van der Waals surface area contributed by atoms with Gasteiger partial charge < -0.3 is 5.32 Å². The molecule has 0 heterocycles. The van der Waals surface area contributed by atoms with Crippen molar-refractivity contribution in [3.8, 4) is 0 Å². The highest BCUT2D eigenvalue weighted by Crippen LogP contribution is 2.26. The quantitative estimate of drug-likeness (QED) is 0.748. The van der Waals surface area contributed by atoms with Crippen LogP contribution in [0.4, 0.5) is 18.9 Å². The lowest BCUT2D eigenvalue weighted by molar-refractivity contribution is 0.102. The van der Waals surface area contributed by atoms with Gasteiger partial charge in [-0.1, -0.05) is 11.8 Å². The van der Waals surface area contributed by atoms with Crippen molar-refractivity contribution in [3.05, 3.63) is 58.3 Å². The number of hydrogen-bond acceptors (Lipinski definition) is 2. The molecular formula is C14H9BrF3NOS. The molecule has 0 aliphatic heterocycles. The fraction of sp³-hybridized carbons (Fsp3) is 0.0714. The summed E-state index contributed by atoms with van der Waals surface area (Å²) in [6.45, 7) is 0. The first-order valence-corrected chi connectivity index (χ1v) is 7.44. The molecular weight excluding hydrogens is 367 g/mol. The Balaban J connectivity index is 2.06. The van der Waals surface area contributed by atoms with E-state index < -0.39 is 17.5 Å². The molecule has 2 aromatic rings. The summed E-state index contributed by atoms with van der Waals surface area (Å²) in [5.41, 5.74) is 0.615. The van der Waals surface area contributed by atoms with Gasteiger partial charge in [0.05, 0.1) is 4.47 Å². The van der Waals surface area contributed by atoms with Gasteiger partial charge in [-0.05, 0) is 58.4 Å². The number of halogens is 4. The third-order valence-electron chi connectivity index (χ3n) is 2.52. The van der Waals surface area contributed by atoms with Gasteiger partial charge in [0, 0.05) is 16.1 Å². The molecule has 0 unspecified atom stereocenters. The van der Waals surface area contributed by atoms with Crippen molar-refractivity contribution in [2.24, 2.45) is 0 Å². The van der Waals surface area contributed by atoms with Crippen LogP contribution in [-0.4, -0.2) is 11.7 Å². The molecule has 0 fully saturated rings. The van der Waals surface area contributed by atoms with E-state index in [4.69, 9.17) is 0 Å². The number of nitrogens with one attached hydrogen (secondary N) is 1. The molecule has 0 saturated heterocycles. The number of amides is 1. The summed E-state index contributed by atoms with van der Waals surface area (Å²) in [4.78, 5) is 12.3. The lowest BCUT2D eigenvalue weighted by Crippen LogP contribution is -2.12. The Hall–Kier alpha value is -1.47. The van der Waals surface area contributed by atoms with Crippen LogP contribution in [0.2, 0.25) is 0 Å². The number of hydrogen-bond donors (Lipinski definition) is 1. The fourth-order valence-electron chi connectivity index (χ4n) is 1.56. The van der Waals surface area contributed by atoms with Crippen molar-refractivity contribution in [2.75, 3.05) is 5.32 Å². The topological polar surface area (TPSA) is 29.1 Å². The number of carbonyl (C=O) groups excluding carboxylic acids is 1. The first-order chi connectivity index (χ1) is 9.95. The third kappa shape index (κ3) is 4.50. The minimum atomic E-state index is -2.49. The van der Waals surface area contributed by atoms with Gasteiger partial charge in [-0.15, -0.1) is 0 Å². The zero-order valence-corrected chi connectivity index (χ0v) is 12.8. The predicted molar refractivity (Wildman–Crippen MR) is 80.4 cm³/mol. The van der Waals surface area contributed by atoms with E-state index in [1.165, 1.54) is 36.4 Å². The maximum Gasteiger partial charge on any atom is 0.288 e. The number of rotatable bonds is 4. The lowest BCUT2D eigenvalue weighted by Gasteiger charge is -2.07. The normalized spacial score (nSPS) is 10.7. The van der Waals surface area contributed by atoms with E-state index >= 15 is 0 Å². The molecule has 1 N–H and O–H groups in total. The highest BCUT2D eigenvalue weighted by atomic mass is 79.9. The average molecular weight is 376 g/mol. The van der Waals surface area contributed by atoms with Crippen molar-refractivity contribution >= 4 is 39.3 Å². The molecule has 0 aliphatic carbocycles. The van der Waals surface area contributed by atoms with Crippen molar-refractivity contribution in [1.82, 2.24) is 0 Å². The molecule has 2 rings (SSSR count). The maximum atomic E-state index is 13.4. The van der Waals surface area contributed by atoms with Gasteiger partial charge in [0.2, 0.25) is 0 Å². The van der Waals surface area contributed by atoms with Crippen LogP contribution in [0.3, 0.4) is 0 Å². The summed E-state index contributed by atoms with van der Waals surface area (Å²) in [5.74, 6) is -3.50. The minimum Gasteiger partial charge on any atom is -0.322 e. The van der Waals surface area contributed by atoms with Crippen LogP contribution in [0.5, 0.6) is 0 Å². The van der Waals surface area contributed by atoms with E-state index in [-0.39, 0.29) is 10.0 Å². The standard InChI is InChI=1S/C14H9BrF3NOS/c15-11-6-1-8(7-12(11)16)13(20)19-9-2-4-10(5-3-9)21-14(17)18/h1-7,14H,(H,19,20). The summed E-state index contributed by atoms with van der Waals surface area (Å²) in [5, 5.41) is 2.57. The maximum absolute atomic E-state index is 13.4. The van der Waals surface area contributed by atoms with Crippen LogP contribution in [0, 0.1) is 5.82 Å². The molecule has 0 radical (unpaired) electrons. The zero-order valence-electron chi connectivity index (χ0n) is 10.4. The van der Waals surface area contributed by atoms with Gasteiger partial charge in [-0.2, -0.15) is 8.78 Å². The number of anilines is 1. The van der Waals surface area contributed by atoms with Crippen molar-refractivity contribution in [3.63, 3.8) is 0 Å². The second kappa shape index (κ2) is 7.00. The molecule has 2 nitrogen and oxygen atoms in total. The largest absolute Gasteiger partial charge is 0.322 e. The van der Waals surface area contributed by atoms with Crippen molar-refractivity contribution in [1.29, 1.82) is 0 Å². The van der Waals surface area contributed by atoms with E-state index in [0.717, 1.165) is 6.07 Å². The van der Waals surface area contributed by atoms with E-state index in [1.54, 1.807) is 0 Å². The van der Waals surface area contributed by atoms with Crippen molar-refractivity contribution < 1.29 is 18.0 Å². The van der Waals surface area contributed by atoms with Crippen molar-refractivity contribution in [2.45, 2.75) is 10.7 Å². The average Bonchev–Trinajstić information content (AvgIpc) is 2.43. The summed E-state index contributed by atoms with van der Waals surface area (Å²) >= 11 is 3.43. The highest BCUT2D eigenvalue weighted by Gasteiger charge is 2.10. The Morgan fingerprint density at radius 1 is 1.14 bits per heavy atom. The Morgan fingerprint density at radius 2 is 1.81 bits per heavy atom. The predicted octanol–water partition coefficient (Wildman–Crippen LogP) is 5.16. The molecule has 0 saturated carbocycles. The minimum absolute atomic E-state index is 0.168. The second-order valence-corrected chi connectivity index (χ2v) is 5.90. The van der Waals surface area contributed by atoms with Crippen LogP contribution >= 0.6 is 27.7 Å². The summed E-state index contributed by atoms with van der Waals surface area (Å²) < 4.78 is 38.0. The lowest BCUT2D eigenvalue weighted by atomic mass is 10.2. The van der Waals surface area contributed by atoms with E-state index in [9.17, 15) is 18.0 Å².